The lowest BCUT2D eigenvalue weighted by Gasteiger charge is -2.26. The van der Waals surface area contributed by atoms with Crippen molar-refractivity contribution in [1.82, 2.24) is 20.3 Å². The summed E-state index contributed by atoms with van der Waals surface area (Å²) in [5, 5.41) is 15.5. The van der Waals surface area contributed by atoms with Gasteiger partial charge in [0.1, 0.15) is 19.0 Å². The van der Waals surface area contributed by atoms with Crippen LogP contribution in [0.3, 0.4) is 0 Å². The first-order valence-corrected chi connectivity index (χ1v) is 12.6. The van der Waals surface area contributed by atoms with Crippen molar-refractivity contribution < 1.29 is 24.2 Å². The molecular weight excluding hydrogens is 486 g/mol. The molecule has 2 atom stereocenters. The molecule has 4 rings (SSSR count). The summed E-state index contributed by atoms with van der Waals surface area (Å²) in [4.78, 5) is 28.8. The number of amides is 1. The smallest absolute Gasteiger partial charge is 0.407 e. The number of hydrogen-bond acceptors (Lipinski definition) is 7. The fourth-order valence-corrected chi connectivity index (χ4v) is 4.53. The number of ether oxygens (including phenoxy) is 2. The maximum absolute atomic E-state index is 12.9. The second-order valence-electron chi connectivity index (χ2n) is 10.4. The Balaban J connectivity index is 1.38. The first-order valence-electron chi connectivity index (χ1n) is 12.6. The van der Waals surface area contributed by atoms with Crippen molar-refractivity contribution >= 4 is 12.1 Å². The fourth-order valence-electron chi connectivity index (χ4n) is 4.53. The van der Waals surface area contributed by atoms with Crippen LogP contribution in [-0.2, 0) is 20.7 Å². The van der Waals surface area contributed by atoms with Crippen molar-refractivity contribution in [3.05, 3.63) is 77.9 Å². The van der Waals surface area contributed by atoms with Crippen LogP contribution < -0.4 is 16.5 Å². The molecule has 1 aliphatic carbocycles. The second kappa shape index (κ2) is 11.7. The largest absolute Gasteiger partial charge is 0.480 e. The fraction of sp³-hybridized carbons (Fsp3) is 0.393. The molecule has 0 saturated heterocycles. The molecule has 0 fully saturated rings. The lowest BCUT2D eigenvalue weighted by atomic mass is 9.98. The average Bonchev–Trinajstić information content (AvgIpc) is 3.43. The van der Waals surface area contributed by atoms with Crippen LogP contribution in [0.15, 0.2) is 61.1 Å². The van der Waals surface area contributed by atoms with Gasteiger partial charge in [-0.15, -0.1) is 0 Å². The third-order valence-corrected chi connectivity index (χ3v) is 6.36. The number of nitrogens with one attached hydrogen (secondary N) is 2. The third-order valence-electron chi connectivity index (χ3n) is 6.36. The number of benzene rings is 2. The summed E-state index contributed by atoms with van der Waals surface area (Å²) < 4.78 is 12.8. The zero-order chi connectivity index (χ0) is 27.3. The van der Waals surface area contributed by atoms with E-state index in [9.17, 15) is 14.7 Å². The number of rotatable bonds is 11. The van der Waals surface area contributed by atoms with E-state index in [0.29, 0.717) is 5.69 Å². The van der Waals surface area contributed by atoms with E-state index >= 15 is 0 Å². The Bertz CT molecular complexity index is 1220. The van der Waals surface area contributed by atoms with Gasteiger partial charge in [-0.1, -0.05) is 48.5 Å². The van der Waals surface area contributed by atoms with Crippen LogP contribution in [0, 0.1) is 0 Å². The highest BCUT2D eigenvalue weighted by atomic mass is 16.5. The summed E-state index contributed by atoms with van der Waals surface area (Å²) in [5.41, 5.74) is 4.65. The van der Waals surface area contributed by atoms with Crippen molar-refractivity contribution in [1.29, 1.82) is 0 Å². The Morgan fingerprint density at radius 2 is 1.74 bits per heavy atom. The van der Waals surface area contributed by atoms with Crippen molar-refractivity contribution in [2.45, 2.75) is 50.8 Å². The number of alkyl carbamates (subject to hydrolysis) is 1. The number of carboxylic acid groups (broad SMARTS) is 1. The number of fused-ring (bicyclic) bond motifs is 3. The predicted octanol–water partition coefficient (Wildman–Crippen LogP) is 2.90. The molecule has 1 aromatic heterocycles. The van der Waals surface area contributed by atoms with Gasteiger partial charge in [0.25, 0.3) is 0 Å². The standard InChI is InChI=1S/C28H35N5O5/c1-28(2,3)38-15-19(13-30-25(26(34)35)12-18-14-33(29)17-31-18)32-27(36)37-16-24-22-10-6-4-8-20(22)21-9-5-7-11-23(21)24/h4-11,14,17,19,24-25,30H,12-13,15-16,29H2,1-3H3,(H,32,36)(H,34,35)/t19-,25+/m1/s1. The molecule has 0 aliphatic heterocycles. The summed E-state index contributed by atoms with van der Waals surface area (Å²) in [6.07, 6.45) is 2.52. The quantitative estimate of drug-likeness (QED) is 0.282. The number of carbonyl (C=O) groups is 2. The van der Waals surface area contributed by atoms with E-state index in [1.54, 1.807) is 6.20 Å². The number of imidazole rings is 1. The molecular formula is C28H35N5O5. The average molecular weight is 522 g/mol. The molecule has 10 nitrogen and oxygen atoms in total. The van der Waals surface area contributed by atoms with E-state index in [0.717, 1.165) is 22.3 Å². The van der Waals surface area contributed by atoms with Gasteiger partial charge in [0.05, 0.1) is 23.9 Å². The SMILES string of the molecule is CC(C)(C)OC[C@@H](CN[C@@H](Cc1cn(N)cn1)C(=O)O)NC(=O)OCC1c2ccccc2-c2ccccc21. The van der Waals surface area contributed by atoms with E-state index in [-0.39, 0.29) is 32.1 Å². The van der Waals surface area contributed by atoms with Gasteiger partial charge in [-0.25, -0.2) is 9.78 Å². The minimum atomic E-state index is -1.03. The molecule has 38 heavy (non-hydrogen) atoms. The molecule has 1 aliphatic rings. The van der Waals surface area contributed by atoms with Crippen molar-refractivity contribution in [2.75, 3.05) is 25.6 Å². The summed E-state index contributed by atoms with van der Waals surface area (Å²) in [7, 11) is 0. The van der Waals surface area contributed by atoms with E-state index in [1.165, 1.54) is 11.0 Å². The van der Waals surface area contributed by atoms with Crippen molar-refractivity contribution in [3.8, 4) is 11.1 Å². The molecule has 0 radical (unpaired) electrons. The monoisotopic (exact) mass is 521 g/mol. The molecule has 0 unspecified atom stereocenters. The highest BCUT2D eigenvalue weighted by molar-refractivity contribution is 5.79. The van der Waals surface area contributed by atoms with Gasteiger partial charge in [-0.05, 0) is 43.0 Å². The molecule has 1 heterocycles. The molecule has 10 heteroatoms. The van der Waals surface area contributed by atoms with Crippen LogP contribution in [0.2, 0.25) is 0 Å². The number of aliphatic carboxylic acids is 1. The van der Waals surface area contributed by atoms with E-state index in [4.69, 9.17) is 15.3 Å². The zero-order valence-electron chi connectivity index (χ0n) is 21.9. The number of nitrogen functional groups attached to an aromatic ring is 1. The van der Waals surface area contributed by atoms with Gasteiger partial charge in [0, 0.05) is 25.1 Å². The van der Waals surface area contributed by atoms with Crippen molar-refractivity contribution in [2.24, 2.45) is 0 Å². The number of nitrogens with two attached hydrogens (primary N) is 1. The Labute approximate surface area is 222 Å². The molecule has 0 saturated carbocycles. The van der Waals surface area contributed by atoms with Gasteiger partial charge in [-0.3, -0.25) is 9.47 Å². The Kier molecular flexibility index (Phi) is 8.33. The number of hydrogen-bond donors (Lipinski definition) is 4. The summed E-state index contributed by atoms with van der Waals surface area (Å²) >= 11 is 0. The number of aromatic nitrogens is 2. The molecule has 1 amide bonds. The minimum Gasteiger partial charge on any atom is -0.480 e. The van der Waals surface area contributed by atoms with Gasteiger partial charge >= 0.3 is 12.1 Å². The lowest BCUT2D eigenvalue weighted by Crippen LogP contribution is -2.50. The van der Waals surface area contributed by atoms with Crippen LogP contribution in [-0.4, -0.2) is 64.3 Å². The Morgan fingerprint density at radius 3 is 2.29 bits per heavy atom. The van der Waals surface area contributed by atoms with Crippen LogP contribution in [0.25, 0.3) is 11.1 Å². The Morgan fingerprint density at radius 1 is 1.11 bits per heavy atom. The lowest BCUT2D eigenvalue weighted by molar-refractivity contribution is -0.139. The van der Waals surface area contributed by atoms with Gasteiger partial charge in [0.2, 0.25) is 0 Å². The molecule has 3 aromatic rings. The first-order chi connectivity index (χ1) is 18.1. The van der Waals surface area contributed by atoms with Crippen LogP contribution in [0.1, 0.15) is 43.5 Å². The summed E-state index contributed by atoms with van der Waals surface area (Å²) in [6, 6.07) is 14.8. The van der Waals surface area contributed by atoms with E-state index in [1.807, 2.05) is 45.0 Å². The van der Waals surface area contributed by atoms with Crippen LogP contribution in [0.4, 0.5) is 4.79 Å². The van der Waals surface area contributed by atoms with Crippen LogP contribution >= 0.6 is 0 Å². The Hall–Kier alpha value is -3.89. The zero-order valence-corrected chi connectivity index (χ0v) is 21.9. The van der Waals surface area contributed by atoms with Gasteiger partial charge < -0.3 is 31.1 Å². The van der Waals surface area contributed by atoms with E-state index in [2.05, 4.69) is 39.9 Å². The normalized spacial score (nSPS) is 14.4. The first kappa shape index (κ1) is 27.2. The number of carbonyl (C=O) groups excluding carboxylic acids is 1. The summed E-state index contributed by atoms with van der Waals surface area (Å²) in [6.45, 7) is 6.24. The molecule has 2 aromatic carbocycles. The maximum Gasteiger partial charge on any atom is 0.407 e. The maximum atomic E-state index is 12.9. The van der Waals surface area contributed by atoms with Gasteiger partial charge in [0.15, 0.2) is 0 Å². The highest BCUT2D eigenvalue weighted by Gasteiger charge is 2.29. The second-order valence-corrected chi connectivity index (χ2v) is 10.4. The summed E-state index contributed by atoms with van der Waals surface area (Å²) in [5.74, 6) is 4.53. The molecule has 0 bridgehead atoms. The third kappa shape index (κ3) is 6.90. The van der Waals surface area contributed by atoms with E-state index < -0.39 is 29.7 Å². The molecule has 0 spiro atoms. The van der Waals surface area contributed by atoms with Crippen molar-refractivity contribution in [3.63, 3.8) is 0 Å². The minimum absolute atomic E-state index is 0.0608. The topological polar surface area (TPSA) is 141 Å². The predicted molar refractivity (Wildman–Crippen MR) is 143 cm³/mol. The molecule has 5 N–H and O–H groups in total. The number of nitrogens with zero attached hydrogens (tertiary/aromatic N) is 2. The highest BCUT2D eigenvalue weighted by Crippen LogP contribution is 2.44. The number of carboxylic acids is 1. The molecule has 202 valence electrons. The van der Waals surface area contributed by atoms with Gasteiger partial charge in [-0.2, -0.15) is 0 Å². The van der Waals surface area contributed by atoms with Crippen LogP contribution in [0.5, 0.6) is 0 Å².